The minimum absolute atomic E-state index is 0.0813. The number of carbonyl (C=O) groups is 2. The molecule has 0 atom stereocenters. The number of nitriles is 1. The van der Waals surface area contributed by atoms with E-state index in [4.69, 9.17) is 14.3 Å². The van der Waals surface area contributed by atoms with Gasteiger partial charge in [0.05, 0.1) is 30.1 Å². The fourth-order valence-corrected chi connectivity index (χ4v) is 4.77. The van der Waals surface area contributed by atoms with E-state index >= 15 is 0 Å². The number of ether oxygens (including phenoxy) is 1. The lowest BCUT2D eigenvalue weighted by molar-refractivity contribution is -0.141. The number of aromatic nitrogens is 2. The van der Waals surface area contributed by atoms with Crippen LogP contribution in [0.25, 0.3) is 23.0 Å². The number of furan rings is 1. The highest BCUT2D eigenvalue weighted by Gasteiger charge is 2.36. The molecule has 1 aliphatic rings. The Morgan fingerprint density at radius 2 is 1.89 bits per heavy atom. The lowest BCUT2D eigenvalue weighted by atomic mass is 9.93. The van der Waals surface area contributed by atoms with E-state index in [1.54, 1.807) is 36.9 Å². The number of hydrogen-bond donors (Lipinski definition) is 0. The van der Waals surface area contributed by atoms with Gasteiger partial charge in [0, 0.05) is 22.9 Å². The second-order valence-electron chi connectivity index (χ2n) is 8.51. The molecule has 0 unspecified atom stereocenters. The normalized spacial score (nSPS) is 14.8. The van der Waals surface area contributed by atoms with Gasteiger partial charge in [-0.1, -0.05) is 18.2 Å². The molecule has 3 heterocycles. The molecule has 2 aromatic heterocycles. The van der Waals surface area contributed by atoms with Crippen LogP contribution in [0.5, 0.6) is 5.75 Å². The summed E-state index contributed by atoms with van der Waals surface area (Å²) in [6.07, 6.45) is 4.96. The maximum absolute atomic E-state index is 13.6. The van der Waals surface area contributed by atoms with Crippen molar-refractivity contribution < 1.29 is 18.7 Å². The SMILES string of the molecule is COc1ccc(-c2nn(-c3ccccc3)cc2/C=C2/C(=O)N(Cc3ccco3)C(=O)C(C#N)=C2C)cc1Br. The van der Waals surface area contributed by atoms with Crippen molar-refractivity contribution in [1.29, 1.82) is 5.26 Å². The van der Waals surface area contributed by atoms with E-state index in [0.29, 0.717) is 28.3 Å². The summed E-state index contributed by atoms with van der Waals surface area (Å²) in [5.41, 5.74) is 3.32. The van der Waals surface area contributed by atoms with Crippen LogP contribution in [0.15, 0.2) is 98.7 Å². The molecule has 0 bridgehead atoms. The minimum atomic E-state index is -0.650. The second kappa shape index (κ2) is 10.4. The average molecular weight is 569 g/mol. The molecule has 4 aromatic rings. The van der Waals surface area contributed by atoms with Gasteiger partial charge in [0.2, 0.25) is 0 Å². The molecular weight excluding hydrogens is 548 g/mol. The third-order valence-corrected chi connectivity index (χ3v) is 6.83. The van der Waals surface area contributed by atoms with Crippen LogP contribution in [0, 0.1) is 11.3 Å². The summed E-state index contributed by atoms with van der Waals surface area (Å²) in [6, 6.07) is 20.5. The van der Waals surface area contributed by atoms with Gasteiger partial charge in [0.1, 0.15) is 28.8 Å². The molecule has 8 nitrogen and oxygen atoms in total. The Morgan fingerprint density at radius 1 is 1.11 bits per heavy atom. The van der Waals surface area contributed by atoms with Crippen molar-refractivity contribution in [2.45, 2.75) is 13.5 Å². The molecule has 1 aliphatic heterocycles. The quantitative estimate of drug-likeness (QED) is 0.218. The van der Waals surface area contributed by atoms with Crippen molar-refractivity contribution >= 4 is 33.8 Å². The van der Waals surface area contributed by atoms with Crippen molar-refractivity contribution in [2.24, 2.45) is 0 Å². The van der Waals surface area contributed by atoms with Gasteiger partial charge in [0.15, 0.2) is 0 Å². The Labute approximate surface area is 227 Å². The first-order chi connectivity index (χ1) is 18.4. The number of amides is 2. The minimum Gasteiger partial charge on any atom is -0.496 e. The largest absolute Gasteiger partial charge is 0.496 e. The van der Waals surface area contributed by atoms with Crippen LogP contribution in [0.1, 0.15) is 18.2 Å². The van der Waals surface area contributed by atoms with Crippen LogP contribution in [-0.2, 0) is 16.1 Å². The number of methoxy groups -OCH3 is 1. The number of imide groups is 1. The third-order valence-electron chi connectivity index (χ3n) is 6.21. The Kier molecular flexibility index (Phi) is 6.81. The maximum atomic E-state index is 13.6. The van der Waals surface area contributed by atoms with Crippen LogP contribution in [0.4, 0.5) is 0 Å². The van der Waals surface area contributed by atoms with Crippen molar-refractivity contribution in [1.82, 2.24) is 14.7 Å². The smallest absolute Gasteiger partial charge is 0.272 e. The molecule has 2 aromatic carbocycles. The second-order valence-corrected chi connectivity index (χ2v) is 9.36. The van der Waals surface area contributed by atoms with E-state index < -0.39 is 11.8 Å². The highest BCUT2D eigenvalue weighted by Crippen LogP contribution is 2.34. The molecule has 0 saturated heterocycles. The Morgan fingerprint density at radius 3 is 2.55 bits per heavy atom. The molecule has 5 rings (SSSR count). The molecule has 0 saturated carbocycles. The van der Waals surface area contributed by atoms with E-state index in [-0.39, 0.29) is 17.7 Å². The summed E-state index contributed by atoms with van der Waals surface area (Å²) in [4.78, 5) is 27.6. The van der Waals surface area contributed by atoms with Gasteiger partial charge >= 0.3 is 0 Å². The Bertz CT molecular complexity index is 1640. The Balaban J connectivity index is 1.67. The zero-order valence-electron chi connectivity index (χ0n) is 20.5. The summed E-state index contributed by atoms with van der Waals surface area (Å²) in [7, 11) is 1.59. The van der Waals surface area contributed by atoms with E-state index in [9.17, 15) is 14.9 Å². The molecule has 188 valence electrons. The third kappa shape index (κ3) is 4.58. The van der Waals surface area contributed by atoms with Crippen molar-refractivity contribution in [2.75, 3.05) is 7.11 Å². The number of halogens is 1. The summed E-state index contributed by atoms with van der Waals surface area (Å²) in [5.74, 6) is -0.0632. The number of rotatable bonds is 6. The first kappa shape index (κ1) is 25.0. The number of nitrogens with zero attached hydrogens (tertiary/aromatic N) is 4. The number of hydrogen-bond acceptors (Lipinski definition) is 6. The molecule has 0 aliphatic carbocycles. The molecule has 0 N–H and O–H groups in total. The average Bonchev–Trinajstić information content (AvgIpc) is 3.60. The van der Waals surface area contributed by atoms with Gasteiger partial charge in [-0.2, -0.15) is 10.4 Å². The molecule has 38 heavy (non-hydrogen) atoms. The van der Waals surface area contributed by atoms with Gasteiger partial charge in [-0.3, -0.25) is 14.5 Å². The number of para-hydroxylation sites is 1. The van der Waals surface area contributed by atoms with Crippen molar-refractivity contribution in [3.63, 3.8) is 0 Å². The summed E-state index contributed by atoms with van der Waals surface area (Å²) < 4.78 is 13.2. The van der Waals surface area contributed by atoms with E-state index in [1.807, 2.05) is 60.8 Å². The fourth-order valence-electron chi connectivity index (χ4n) is 4.23. The topological polar surface area (TPSA) is 101 Å². The molecule has 0 radical (unpaired) electrons. The van der Waals surface area contributed by atoms with Gasteiger partial charge in [-0.15, -0.1) is 0 Å². The molecular formula is C29H21BrN4O4. The fraction of sp³-hybridized carbons (Fsp3) is 0.103. The van der Waals surface area contributed by atoms with Gasteiger partial charge in [-0.05, 0) is 77.0 Å². The molecule has 2 amide bonds. The van der Waals surface area contributed by atoms with Crippen LogP contribution in [0.3, 0.4) is 0 Å². The lowest BCUT2D eigenvalue weighted by Crippen LogP contribution is -2.42. The summed E-state index contributed by atoms with van der Waals surface area (Å²) in [6.45, 7) is 1.53. The first-order valence-electron chi connectivity index (χ1n) is 11.6. The maximum Gasteiger partial charge on any atom is 0.272 e. The zero-order chi connectivity index (χ0) is 26.8. The monoisotopic (exact) mass is 568 g/mol. The molecule has 0 fully saturated rings. The van der Waals surface area contributed by atoms with Crippen molar-refractivity contribution in [3.05, 3.63) is 106 Å². The summed E-state index contributed by atoms with van der Waals surface area (Å²) >= 11 is 3.53. The van der Waals surface area contributed by atoms with Crippen LogP contribution < -0.4 is 4.74 Å². The highest BCUT2D eigenvalue weighted by molar-refractivity contribution is 9.10. The number of benzene rings is 2. The highest BCUT2D eigenvalue weighted by atomic mass is 79.9. The first-order valence-corrected chi connectivity index (χ1v) is 12.4. The van der Waals surface area contributed by atoms with Crippen LogP contribution in [-0.4, -0.2) is 33.6 Å². The number of carbonyl (C=O) groups excluding carboxylic acids is 2. The van der Waals surface area contributed by atoms with Crippen LogP contribution >= 0.6 is 15.9 Å². The van der Waals surface area contributed by atoms with E-state index in [1.165, 1.54) is 6.26 Å². The lowest BCUT2D eigenvalue weighted by Gasteiger charge is -2.26. The van der Waals surface area contributed by atoms with Gasteiger partial charge < -0.3 is 9.15 Å². The molecule has 0 spiro atoms. The molecule has 9 heteroatoms. The van der Waals surface area contributed by atoms with Gasteiger partial charge in [0.25, 0.3) is 11.8 Å². The van der Waals surface area contributed by atoms with Gasteiger partial charge in [-0.25, -0.2) is 4.68 Å². The Hall–Kier alpha value is -4.68. The van der Waals surface area contributed by atoms with Crippen LogP contribution in [0.2, 0.25) is 0 Å². The standard InChI is InChI=1S/C29H21BrN4O4/c1-18-23(28(35)33(29(36)24(18)15-31)17-22-9-6-12-38-22)13-20-16-34(21-7-4-3-5-8-21)32-27(20)19-10-11-26(37-2)25(30)14-19/h3-14,16H,17H2,1-2H3/b23-13+. The van der Waals surface area contributed by atoms with E-state index in [0.717, 1.165) is 20.6 Å². The van der Waals surface area contributed by atoms with Crippen molar-refractivity contribution in [3.8, 4) is 28.8 Å². The zero-order valence-corrected chi connectivity index (χ0v) is 22.1. The predicted molar refractivity (Wildman–Crippen MR) is 144 cm³/mol. The summed E-state index contributed by atoms with van der Waals surface area (Å²) in [5, 5.41) is 14.6. The van der Waals surface area contributed by atoms with E-state index in [2.05, 4.69) is 15.9 Å². The predicted octanol–water partition coefficient (Wildman–Crippen LogP) is 5.70.